The molecule has 30 heavy (non-hydrogen) atoms. The Morgan fingerprint density at radius 1 is 1.27 bits per heavy atom. The number of aliphatic imine (C=N–C) groups is 1. The Morgan fingerprint density at radius 2 is 1.93 bits per heavy atom. The van der Waals surface area contributed by atoms with Crippen LogP contribution in [0.2, 0.25) is 0 Å². The minimum Gasteiger partial charge on any atom is -0.462 e. The van der Waals surface area contributed by atoms with Crippen LogP contribution in [0.5, 0.6) is 0 Å². The van der Waals surface area contributed by atoms with Gasteiger partial charge >= 0.3 is 12.1 Å². The molecular weight excluding hydrogens is 417 g/mol. The van der Waals surface area contributed by atoms with Crippen LogP contribution in [0.3, 0.4) is 0 Å². The first kappa shape index (κ1) is 23.7. The second-order valence-electron chi connectivity index (χ2n) is 6.44. The summed E-state index contributed by atoms with van der Waals surface area (Å²) >= 11 is 1.26. The summed E-state index contributed by atoms with van der Waals surface area (Å²) in [6.45, 7) is 8.41. The SMILES string of the molecule is CCNC(=NCc1ccc(C(F)(F)F)cc1)NC(C)c1nc(C)c(C(=O)OCC)s1. The molecule has 2 N–H and O–H groups in total. The van der Waals surface area contributed by atoms with Crippen molar-refractivity contribution in [2.75, 3.05) is 13.2 Å². The van der Waals surface area contributed by atoms with Gasteiger partial charge in [-0.3, -0.25) is 0 Å². The van der Waals surface area contributed by atoms with Crippen LogP contribution in [-0.4, -0.2) is 30.1 Å². The smallest absolute Gasteiger partial charge is 0.416 e. The van der Waals surface area contributed by atoms with Crippen molar-refractivity contribution in [3.8, 4) is 0 Å². The summed E-state index contributed by atoms with van der Waals surface area (Å²) in [5, 5.41) is 7.01. The second-order valence-corrected chi connectivity index (χ2v) is 7.47. The fraction of sp³-hybridized carbons (Fsp3) is 0.450. The lowest BCUT2D eigenvalue weighted by atomic mass is 10.1. The van der Waals surface area contributed by atoms with Crippen LogP contribution in [-0.2, 0) is 17.5 Å². The van der Waals surface area contributed by atoms with Gasteiger partial charge in [-0.2, -0.15) is 13.2 Å². The number of nitrogens with zero attached hydrogens (tertiary/aromatic N) is 2. The molecule has 0 fully saturated rings. The quantitative estimate of drug-likeness (QED) is 0.376. The number of ether oxygens (including phenoxy) is 1. The molecule has 2 aromatic rings. The molecule has 1 atom stereocenters. The van der Waals surface area contributed by atoms with Gasteiger partial charge in [0, 0.05) is 6.54 Å². The number of alkyl halides is 3. The molecule has 1 aromatic carbocycles. The number of carbonyl (C=O) groups is 1. The number of aromatic nitrogens is 1. The van der Waals surface area contributed by atoms with E-state index in [0.29, 0.717) is 40.3 Å². The van der Waals surface area contributed by atoms with Gasteiger partial charge < -0.3 is 15.4 Å². The van der Waals surface area contributed by atoms with Crippen molar-refractivity contribution in [3.05, 3.63) is 51.0 Å². The molecule has 0 aliphatic heterocycles. The van der Waals surface area contributed by atoms with E-state index in [1.165, 1.54) is 23.5 Å². The summed E-state index contributed by atoms with van der Waals surface area (Å²) in [5.74, 6) is 0.101. The van der Waals surface area contributed by atoms with E-state index in [0.717, 1.165) is 12.1 Å². The third-order valence-corrected chi connectivity index (χ3v) is 5.36. The summed E-state index contributed by atoms with van der Waals surface area (Å²) in [4.78, 5) is 21.3. The average molecular weight is 443 g/mol. The summed E-state index contributed by atoms with van der Waals surface area (Å²) in [5.41, 5.74) is 0.571. The number of benzene rings is 1. The number of esters is 1. The highest BCUT2D eigenvalue weighted by atomic mass is 32.1. The van der Waals surface area contributed by atoms with Crippen molar-refractivity contribution in [1.82, 2.24) is 15.6 Å². The zero-order valence-electron chi connectivity index (χ0n) is 17.3. The third kappa shape index (κ3) is 6.45. The molecule has 0 saturated carbocycles. The van der Waals surface area contributed by atoms with E-state index in [2.05, 4.69) is 20.6 Å². The lowest BCUT2D eigenvalue weighted by Gasteiger charge is -2.16. The summed E-state index contributed by atoms with van der Waals surface area (Å²) < 4.78 is 43.1. The molecule has 0 aliphatic carbocycles. The van der Waals surface area contributed by atoms with E-state index in [1.807, 2.05) is 13.8 Å². The van der Waals surface area contributed by atoms with Gasteiger partial charge in [0.25, 0.3) is 0 Å². The normalized spacial score (nSPS) is 13.1. The van der Waals surface area contributed by atoms with Gasteiger partial charge in [-0.15, -0.1) is 11.3 Å². The van der Waals surface area contributed by atoms with E-state index in [9.17, 15) is 18.0 Å². The van der Waals surface area contributed by atoms with Crippen LogP contribution in [0.15, 0.2) is 29.3 Å². The maximum atomic E-state index is 12.7. The molecule has 0 spiro atoms. The standard InChI is InChI=1S/C20H25F3N4O2S/c1-5-24-19(25-11-14-7-9-15(10-8-14)20(21,22)23)27-13(4)17-26-12(3)16(30-17)18(28)29-6-2/h7-10,13H,5-6,11H2,1-4H3,(H2,24,25,27). The first-order valence-electron chi connectivity index (χ1n) is 9.51. The highest BCUT2D eigenvalue weighted by Gasteiger charge is 2.29. The lowest BCUT2D eigenvalue weighted by molar-refractivity contribution is -0.137. The topological polar surface area (TPSA) is 75.6 Å². The number of carbonyl (C=O) groups excluding carboxylic acids is 1. The van der Waals surface area contributed by atoms with Gasteiger partial charge in [0.05, 0.1) is 30.5 Å². The van der Waals surface area contributed by atoms with Gasteiger partial charge in [0.1, 0.15) is 9.88 Å². The number of hydrogen-bond acceptors (Lipinski definition) is 5. The van der Waals surface area contributed by atoms with E-state index >= 15 is 0 Å². The number of halogens is 3. The number of guanidine groups is 1. The van der Waals surface area contributed by atoms with Crippen molar-refractivity contribution < 1.29 is 22.7 Å². The largest absolute Gasteiger partial charge is 0.462 e. The van der Waals surface area contributed by atoms with Crippen LogP contribution < -0.4 is 10.6 Å². The maximum absolute atomic E-state index is 12.7. The zero-order chi connectivity index (χ0) is 22.3. The predicted molar refractivity (Wildman–Crippen MR) is 111 cm³/mol. The van der Waals surface area contributed by atoms with Crippen molar-refractivity contribution in [3.63, 3.8) is 0 Å². The number of rotatable bonds is 7. The van der Waals surface area contributed by atoms with Crippen LogP contribution in [0.1, 0.15) is 58.3 Å². The van der Waals surface area contributed by atoms with Gasteiger partial charge in [-0.1, -0.05) is 12.1 Å². The summed E-state index contributed by atoms with van der Waals surface area (Å²) in [6, 6.07) is 4.68. The summed E-state index contributed by atoms with van der Waals surface area (Å²) in [7, 11) is 0. The fourth-order valence-electron chi connectivity index (χ4n) is 2.54. The van der Waals surface area contributed by atoms with Gasteiger partial charge in [0.15, 0.2) is 5.96 Å². The molecule has 1 unspecified atom stereocenters. The second kappa shape index (κ2) is 10.4. The number of aryl methyl sites for hydroxylation is 1. The molecule has 164 valence electrons. The van der Waals surface area contributed by atoms with Crippen LogP contribution in [0.4, 0.5) is 13.2 Å². The van der Waals surface area contributed by atoms with E-state index in [1.54, 1.807) is 13.8 Å². The van der Waals surface area contributed by atoms with Crippen LogP contribution in [0, 0.1) is 6.92 Å². The zero-order valence-corrected chi connectivity index (χ0v) is 18.1. The first-order chi connectivity index (χ1) is 14.2. The van der Waals surface area contributed by atoms with Crippen LogP contribution >= 0.6 is 11.3 Å². The van der Waals surface area contributed by atoms with Crippen molar-refractivity contribution in [1.29, 1.82) is 0 Å². The Bertz CT molecular complexity index is 879. The third-order valence-electron chi connectivity index (χ3n) is 4.04. The van der Waals surface area contributed by atoms with Crippen molar-refractivity contribution in [2.45, 2.75) is 46.5 Å². The molecule has 0 amide bonds. The van der Waals surface area contributed by atoms with Gasteiger partial charge in [-0.25, -0.2) is 14.8 Å². The highest BCUT2D eigenvalue weighted by Crippen LogP contribution is 2.29. The molecule has 6 nitrogen and oxygen atoms in total. The van der Waals surface area contributed by atoms with E-state index in [4.69, 9.17) is 4.74 Å². The Kier molecular flexibility index (Phi) is 8.22. The lowest BCUT2D eigenvalue weighted by Crippen LogP contribution is -2.38. The van der Waals surface area contributed by atoms with Crippen molar-refractivity contribution >= 4 is 23.3 Å². The Hall–Kier alpha value is -2.62. The fourth-order valence-corrected chi connectivity index (χ4v) is 3.51. The molecule has 0 bridgehead atoms. The molecular formula is C20H25F3N4O2S. The summed E-state index contributed by atoms with van der Waals surface area (Å²) in [6.07, 6.45) is -4.36. The van der Waals surface area contributed by atoms with Crippen molar-refractivity contribution in [2.24, 2.45) is 4.99 Å². The Morgan fingerprint density at radius 3 is 2.50 bits per heavy atom. The van der Waals surface area contributed by atoms with Crippen LogP contribution in [0.25, 0.3) is 0 Å². The minimum absolute atomic E-state index is 0.213. The maximum Gasteiger partial charge on any atom is 0.416 e. The molecule has 2 rings (SSSR count). The first-order valence-corrected chi connectivity index (χ1v) is 10.3. The van der Waals surface area contributed by atoms with E-state index in [-0.39, 0.29) is 12.6 Å². The molecule has 0 radical (unpaired) electrons. The molecule has 10 heteroatoms. The van der Waals surface area contributed by atoms with Gasteiger partial charge in [-0.05, 0) is 45.4 Å². The number of hydrogen-bond donors (Lipinski definition) is 2. The molecule has 1 aromatic heterocycles. The Labute approximate surface area is 177 Å². The average Bonchev–Trinajstić information content (AvgIpc) is 3.08. The van der Waals surface area contributed by atoms with Gasteiger partial charge in [0.2, 0.25) is 0 Å². The Balaban J connectivity index is 2.09. The minimum atomic E-state index is -4.36. The van der Waals surface area contributed by atoms with E-state index < -0.39 is 17.7 Å². The number of nitrogens with one attached hydrogen (secondary N) is 2. The molecule has 1 heterocycles. The molecule has 0 aliphatic rings. The number of thiazole rings is 1. The molecule has 0 saturated heterocycles. The predicted octanol–water partition coefficient (Wildman–Crippen LogP) is 4.46. The monoisotopic (exact) mass is 442 g/mol. The highest BCUT2D eigenvalue weighted by molar-refractivity contribution is 7.13.